The third kappa shape index (κ3) is 5.50. The summed E-state index contributed by atoms with van der Waals surface area (Å²) in [5, 5.41) is 8.32. The Morgan fingerprint density at radius 3 is 2.50 bits per heavy atom. The first-order chi connectivity index (χ1) is 8.43. The Bertz CT molecular complexity index is 416. The van der Waals surface area contributed by atoms with Crippen molar-refractivity contribution in [2.75, 3.05) is 11.5 Å². The van der Waals surface area contributed by atoms with E-state index in [1.807, 2.05) is 0 Å². The van der Waals surface area contributed by atoms with Crippen molar-refractivity contribution < 1.29 is 17.9 Å². The molecule has 0 N–H and O–H groups in total. The van der Waals surface area contributed by atoms with Gasteiger partial charge < -0.3 is 4.74 Å². The summed E-state index contributed by atoms with van der Waals surface area (Å²) in [6.45, 7) is 2.16. The monoisotopic (exact) mass is 273 g/mol. The molecule has 0 aromatic carbocycles. The number of hydrogen-bond acceptors (Lipinski definition) is 5. The average Bonchev–Trinajstić information content (AvgIpc) is 2.29. The van der Waals surface area contributed by atoms with Gasteiger partial charge in [-0.3, -0.25) is 4.79 Å². The maximum atomic E-state index is 11.5. The van der Waals surface area contributed by atoms with E-state index in [1.54, 1.807) is 6.07 Å². The first kappa shape index (κ1) is 15.0. The average molecular weight is 273 g/mol. The fraction of sp³-hybridized carbons (Fsp3) is 0.833. The zero-order valence-electron chi connectivity index (χ0n) is 10.6. The van der Waals surface area contributed by atoms with Gasteiger partial charge in [-0.15, -0.1) is 0 Å². The van der Waals surface area contributed by atoms with Crippen LogP contribution in [0.1, 0.15) is 39.0 Å². The van der Waals surface area contributed by atoms with Gasteiger partial charge in [0.05, 0.1) is 11.8 Å². The van der Waals surface area contributed by atoms with E-state index < -0.39 is 21.6 Å². The maximum Gasteiger partial charge on any atom is 0.321 e. The lowest BCUT2D eigenvalue weighted by atomic mass is 9.89. The summed E-state index contributed by atoms with van der Waals surface area (Å²) in [7, 11) is -3.50. The SMILES string of the molecule is CC1CCC(OC(=O)CS(=O)(=O)CCC#N)CC1. The predicted molar refractivity (Wildman–Crippen MR) is 66.4 cm³/mol. The van der Waals surface area contributed by atoms with E-state index in [2.05, 4.69) is 6.92 Å². The van der Waals surface area contributed by atoms with Gasteiger partial charge in [-0.25, -0.2) is 8.42 Å². The molecule has 1 fully saturated rings. The molecule has 0 aromatic heterocycles. The number of esters is 1. The quantitative estimate of drug-likeness (QED) is 0.708. The molecule has 1 saturated carbocycles. The Labute approximate surface area is 108 Å². The molecule has 0 saturated heterocycles. The van der Waals surface area contributed by atoms with Gasteiger partial charge in [-0.2, -0.15) is 5.26 Å². The van der Waals surface area contributed by atoms with Crippen molar-refractivity contribution in [2.45, 2.75) is 45.1 Å². The number of nitrogens with zero attached hydrogens (tertiary/aromatic N) is 1. The third-order valence-electron chi connectivity index (χ3n) is 3.12. The van der Waals surface area contributed by atoms with Gasteiger partial charge in [-0.1, -0.05) is 6.92 Å². The molecule has 0 radical (unpaired) electrons. The normalized spacial score (nSPS) is 24.2. The predicted octanol–water partition coefficient (Wildman–Crippen LogP) is 1.44. The molecule has 1 rings (SSSR count). The Balaban J connectivity index is 2.35. The van der Waals surface area contributed by atoms with Crippen LogP contribution in [0.25, 0.3) is 0 Å². The largest absolute Gasteiger partial charge is 0.462 e. The summed E-state index contributed by atoms with van der Waals surface area (Å²) in [4.78, 5) is 11.5. The van der Waals surface area contributed by atoms with Gasteiger partial charge in [0.15, 0.2) is 9.84 Å². The summed E-state index contributed by atoms with van der Waals surface area (Å²) in [5.41, 5.74) is 0. The fourth-order valence-corrected chi connectivity index (χ4v) is 2.99. The maximum absolute atomic E-state index is 11.5. The van der Waals surface area contributed by atoms with Crippen molar-refractivity contribution in [1.29, 1.82) is 5.26 Å². The van der Waals surface area contributed by atoms with Gasteiger partial charge in [0.2, 0.25) is 0 Å². The number of hydrogen-bond donors (Lipinski definition) is 0. The van der Waals surface area contributed by atoms with E-state index in [4.69, 9.17) is 10.00 Å². The Morgan fingerprint density at radius 1 is 1.33 bits per heavy atom. The Morgan fingerprint density at radius 2 is 1.94 bits per heavy atom. The van der Waals surface area contributed by atoms with Crippen LogP contribution in [-0.2, 0) is 19.4 Å². The zero-order valence-corrected chi connectivity index (χ0v) is 11.4. The highest BCUT2D eigenvalue weighted by Gasteiger charge is 2.24. The molecule has 6 heteroatoms. The van der Waals surface area contributed by atoms with Gasteiger partial charge >= 0.3 is 5.97 Å². The number of carbonyl (C=O) groups is 1. The van der Waals surface area contributed by atoms with Crippen LogP contribution in [0.15, 0.2) is 0 Å². The lowest BCUT2D eigenvalue weighted by Gasteiger charge is -2.25. The van der Waals surface area contributed by atoms with Crippen LogP contribution < -0.4 is 0 Å². The molecular weight excluding hydrogens is 254 g/mol. The second-order valence-corrected chi connectivity index (χ2v) is 7.06. The first-order valence-electron chi connectivity index (χ1n) is 6.20. The Kier molecular flexibility index (Phi) is 5.60. The highest BCUT2D eigenvalue weighted by atomic mass is 32.2. The van der Waals surface area contributed by atoms with Crippen LogP contribution in [0.2, 0.25) is 0 Å². The standard InChI is InChI=1S/C12H19NO4S/c1-10-3-5-11(6-4-10)17-12(14)9-18(15,16)8-2-7-13/h10-11H,2-6,8-9H2,1H3. The zero-order chi connectivity index (χ0) is 13.6. The number of nitriles is 1. The van der Waals surface area contributed by atoms with E-state index in [-0.39, 0.29) is 18.3 Å². The molecule has 1 aliphatic rings. The molecular formula is C12H19NO4S. The number of ether oxygens (including phenoxy) is 1. The van der Waals surface area contributed by atoms with Gasteiger partial charge in [0.25, 0.3) is 0 Å². The Hall–Kier alpha value is -1.09. The van der Waals surface area contributed by atoms with Crippen molar-refractivity contribution in [3.63, 3.8) is 0 Å². The van der Waals surface area contributed by atoms with Crippen LogP contribution in [-0.4, -0.2) is 32.0 Å². The van der Waals surface area contributed by atoms with E-state index in [9.17, 15) is 13.2 Å². The minimum Gasteiger partial charge on any atom is -0.462 e. The van der Waals surface area contributed by atoms with E-state index >= 15 is 0 Å². The van der Waals surface area contributed by atoms with Crippen molar-refractivity contribution in [3.8, 4) is 6.07 Å². The second-order valence-electron chi connectivity index (χ2n) is 4.87. The smallest absolute Gasteiger partial charge is 0.321 e. The van der Waals surface area contributed by atoms with E-state index in [1.165, 1.54) is 0 Å². The third-order valence-corrected chi connectivity index (χ3v) is 4.63. The molecule has 18 heavy (non-hydrogen) atoms. The molecule has 5 nitrogen and oxygen atoms in total. The minimum atomic E-state index is -3.50. The molecule has 0 unspecified atom stereocenters. The molecule has 0 atom stereocenters. The fourth-order valence-electron chi connectivity index (χ4n) is 2.02. The molecule has 0 amide bonds. The molecule has 0 heterocycles. The first-order valence-corrected chi connectivity index (χ1v) is 8.02. The lowest BCUT2D eigenvalue weighted by Crippen LogP contribution is -2.28. The van der Waals surface area contributed by atoms with Crippen LogP contribution >= 0.6 is 0 Å². The highest BCUT2D eigenvalue weighted by molar-refractivity contribution is 7.92. The van der Waals surface area contributed by atoms with E-state index in [0.717, 1.165) is 25.7 Å². The van der Waals surface area contributed by atoms with E-state index in [0.29, 0.717) is 5.92 Å². The minimum absolute atomic E-state index is 0.0867. The van der Waals surface area contributed by atoms with Crippen molar-refractivity contribution in [2.24, 2.45) is 5.92 Å². The number of sulfone groups is 1. The van der Waals surface area contributed by atoms with Crippen LogP contribution in [0.5, 0.6) is 0 Å². The van der Waals surface area contributed by atoms with Gasteiger partial charge in [0.1, 0.15) is 11.9 Å². The van der Waals surface area contributed by atoms with Crippen LogP contribution in [0, 0.1) is 17.2 Å². The summed E-state index contributed by atoms with van der Waals surface area (Å²) < 4.78 is 28.0. The summed E-state index contributed by atoms with van der Waals surface area (Å²) >= 11 is 0. The molecule has 0 spiro atoms. The summed E-state index contributed by atoms with van der Waals surface area (Å²) in [5.74, 6) is -0.923. The molecule has 0 aromatic rings. The second kappa shape index (κ2) is 6.74. The lowest BCUT2D eigenvalue weighted by molar-refractivity contribution is -0.147. The topological polar surface area (TPSA) is 84.2 Å². The molecule has 1 aliphatic carbocycles. The molecule has 102 valence electrons. The summed E-state index contributed by atoms with van der Waals surface area (Å²) in [6.07, 6.45) is 3.42. The summed E-state index contributed by atoms with van der Waals surface area (Å²) in [6, 6.07) is 1.75. The van der Waals surface area contributed by atoms with Crippen molar-refractivity contribution >= 4 is 15.8 Å². The highest BCUT2D eigenvalue weighted by Crippen LogP contribution is 2.25. The van der Waals surface area contributed by atoms with Gasteiger partial charge in [-0.05, 0) is 31.6 Å². The van der Waals surface area contributed by atoms with Crippen molar-refractivity contribution in [1.82, 2.24) is 0 Å². The molecule has 0 aliphatic heterocycles. The number of carbonyl (C=O) groups excluding carboxylic acids is 1. The van der Waals surface area contributed by atoms with Crippen LogP contribution in [0.3, 0.4) is 0 Å². The van der Waals surface area contributed by atoms with Crippen LogP contribution in [0.4, 0.5) is 0 Å². The van der Waals surface area contributed by atoms with Gasteiger partial charge in [0, 0.05) is 6.42 Å². The molecule has 0 bridgehead atoms. The van der Waals surface area contributed by atoms with Crippen molar-refractivity contribution in [3.05, 3.63) is 0 Å². The number of rotatable bonds is 5.